The average Bonchev–Trinajstić information content (AvgIpc) is 2.52. The summed E-state index contributed by atoms with van der Waals surface area (Å²) in [7, 11) is 1.98. The Morgan fingerprint density at radius 3 is 2.92 bits per heavy atom. The van der Waals surface area contributed by atoms with Crippen LogP contribution in [0.4, 0.5) is 0 Å². The molecule has 1 rings (SSSR count). The van der Waals surface area contributed by atoms with E-state index in [1.807, 2.05) is 7.05 Å². The first-order valence-electron chi connectivity index (χ1n) is 5.29. The second kappa shape index (κ2) is 5.40. The van der Waals surface area contributed by atoms with Crippen LogP contribution in [-0.2, 0) is 0 Å². The maximum Gasteiger partial charge on any atom is 0.0159 e. The van der Waals surface area contributed by atoms with Gasteiger partial charge in [-0.1, -0.05) is 19.1 Å². The van der Waals surface area contributed by atoms with Gasteiger partial charge in [-0.25, -0.2) is 0 Å². The Morgan fingerprint density at radius 1 is 1.62 bits per heavy atom. The van der Waals surface area contributed by atoms with Crippen LogP contribution in [0.5, 0.6) is 0 Å². The minimum absolute atomic E-state index is 0.862. The lowest BCUT2D eigenvalue weighted by Gasteiger charge is -2.14. The van der Waals surface area contributed by atoms with E-state index in [0.717, 1.165) is 12.5 Å². The van der Waals surface area contributed by atoms with Gasteiger partial charge in [0, 0.05) is 13.1 Å². The van der Waals surface area contributed by atoms with E-state index in [1.54, 1.807) is 0 Å². The van der Waals surface area contributed by atoms with Crippen molar-refractivity contribution in [1.82, 2.24) is 10.2 Å². The van der Waals surface area contributed by atoms with Crippen LogP contribution in [0.3, 0.4) is 0 Å². The van der Waals surface area contributed by atoms with Gasteiger partial charge in [-0.2, -0.15) is 0 Å². The molecule has 0 radical (unpaired) electrons. The Kier molecular flexibility index (Phi) is 4.46. The molecule has 2 heteroatoms. The molecule has 1 unspecified atom stereocenters. The molecule has 0 aromatic heterocycles. The van der Waals surface area contributed by atoms with Gasteiger partial charge in [-0.05, 0) is 38.9 Å². The molecule has 0 spiro atoms. The smallest absolute Gasteiger partial charge is 0.0159 e. The lowest BCUT2D eigenvalue weighted by molar-refractivity contribution is 0.341. The maximum absolute atomic E-state index is 4.08. The van der Waals surface area contributed by atoms with Crippen LogP contribution in [-0.4, -0.2) is 38.1 Å². The summed E-state index contributed by atoms with van der Waals surface area (Å²) >= 11 is 0. The van der Waals surface area contributed by atoms with E-state index in [0.29, 0.717) is 0 Å². The quantitative estimate of drug-likeness (QED) is 0.648. The Morgan fingerprint density at radius 2 is 2.38 bits per heavy atom. The fourth-order valence-corrected chi connectivity index (χ4v) is 2.10. The zero-order chi connectivity index (χ0) is 9.68. The van der Waals surface area contributed by atoms with Gasteiger partial charge in [-0.3, -0.25) is 0 Å². The van der Waals surface area contributed by atoms with Gasteiger partial charge in [-0.15, -0.1) is 0 Å². The van der Waals surface area contributed by atoms with Crippen molar-refractivity contribution in [3.8, 4) is 0 Å². The second-order valence-electron chi connectivity index (χ2n) is 4.03. The molecular weight excluding hydrogens is 160 g/mol. The predicted octanol–water partition coefficient (Wildman–Crippen LogP) is 1.49. The van der Waals surface area contributed by atoms with Crippen LogP contribution >= 0.6 is 0 Å². The summed E-state index contributed by atoms with van der Waals surface area (Å²) in [5.41, 5.74) is 1.35. The van der Waals surface area contributed by atoms with Crippen molar-refractivity contribution in [3.63, 3.8) is 0 Å². The third kappa shape index (κ3) is 3.49. The number of hydrogen-bond acceptors (Lipinski definition) is 2. The van der Waals surface area contributed by atoms with Crippen molar-refractivity contribution in [1.29, 1.82) is 0 Å². The SMILES string of the molecule is C=C(CNC)CC1CCN(CC)C1. The molecule has 0 bridgehead atoms. The molecule has 1 aliphatic rings. The van der Waals surface area contributed by atoms with Crippen LogP contribution < -0.4 is 5.32 Å². The fraction of sp³-hybridized carbons (Fsp3) is 0.818. The first-order valence-corrected chi connectivity index (χ1v) is 5.29. The molecule has 2 nitrogen and oxygen atoms in total. The van der Waals surface area contributed by atoms with E-state index in [-0.39, 0.29) is 0 Å². The Balaban J connectivity index is 2.19. The lowest BCUT2D eigenvalue weighted by Crippen LogP contribution is -2.20. The van der Waals surface area contributed by atoms with Crippen molar-refractivity contribution in [2.45, 2.75) is 19.8 Å². The van der Waals surface area contributed by atoms with Crippen molar-refractivity contribution in [3.05, 3.63) is 12.2 Å². The molecule has 1 atom stereocenters. The standard InChI is InChI=1S/C11H22N2/c1-4-13-6-5-11(9-13)7-10(2)8-12-3/h11-12H,2,4-9H2,1,3H3. The molecule has 1 N–H and O–H groups in total. The van der Waals surface area contributed by atoms with Crippen LogP contribution in [0.1, 0.15) is 19.8 Å². The van der Waals surface area contributed by atoms with E-state index in [9.17, 15) is 0 Å². The van der Waals surface area contributed by atoms with Crippen LogP contribution in [0.2, 0.25) is 0 Å². The molecule has 0 saturated carbocycles. The normalized spacial score (nSPS) is 23.7. The molecule has 13 heavy (non-hydrogen) atoms. The number of rotatable bonds is 5. The van der Waals surface area contributed by atoms with Gasteiger partial charge in [0.15, 0.2) is 0 Å². The van der Waals surface area contributed by atoms with Crippen LogP contribution in [0.25, 0.3) is 0 Å². The monoisotopic (exact) mass is 182 g/mol. The molecule has 76 valence electrons. The summed E-state index contributed by atoms with van der Waals surface area (Å²) in [5.74, 6) is 0.862. The van der Waals surface area contributed by atoms with E-state index < -0.39 is 0 Å². The number of hydrogen-bond donors (Lipinski definition) is 1. The summed E-state index contributed by atoms with van der Waals surface area (Å²) in [6, 6.07) is 0. The predicted molar refractivity (Wildman–Crippen MR) is 57.9 cm³/mol. The van der Waals surface area contributed by atoms with Crippen LogP contribution in [0, 0.1) is 5.92 Å². The highest BCUT2D eigenvalue weighted by Gasteiger charge is 2.20. The highest BCUT2D eigenvalue weighted by molar-refractivity contribution is 4.99. The summed E-state index contributed by atoms with van der Waals surface area (Å²) in [5, 5.41) is 3.15. The van der Waals surface area contributed by atoms with Gasteiger partial charge in [0.1, 0.15) is 0 Å². The maximum atomic E-state index is 4.08. The first-order chi connectivity index (χ1) is 6.26. The molecule has 1 saturated heterocycles. The third-order valence-corrected chi connectivity index (χ3v) is 2.82. The Bertz CT molecular complexity index is 165. The summed E-state index contributed by atoms with van der Waals surface area (Å²) in [6.07, 6.45) is 2.56. The third-order valence-electron chi connectivity index (χ3n) is 2.82. The summed E-state index contributed by atoms with van der Waals surface area (Å²) in [4.78, 5) is 2.53. The lowest BCUT2D eigenvalue weighted by atomic mass is 10.00. The zero-order valence-electron chi connectivity index (χ0n) is 8.97. The number of likely N-dealkylation sites (N-methyl/N-ethyl adjacent to an activating group) is 1. The Hall–Kier alpha value is -0.340. The van der Waals surface area contributed by atoms with Crippen molar-refractivity contribution in [2.75, 3.05) is 33.2 Å². The van der Waals surface area contributed by atoms with E-state index in [1.165, 1.54) is 38.0 Å². The molecule has 0 aromatic rings. The van der Waals surface area contributed by atoms with Gasteiger partial charge in [0.25, 0.3) is 0 Å². The number of nitrogens with zero attached hydrogens (tertiary/aromatic N) is 1. The molecule has 0 aromatic carbocycles. The highest BCUT2D eigenvalue weighted by atomic mass is 15.1. The largest absolute Gasteiger partial charge is 0.316 e. The van der Waals surface area contributed by atoms with Gasteiger partial charge in [0.05, 0.1) is 0 Å². The van der Waals surface area contributed by atoms with E-state index in [4.69, 9.17) is 0 Å². The second-order valence-corrected chi connectivity index (χ2v) is 4.03. The van der Waals surface area contributed by atoms with Gasteiger partial charge < -0.3 is 10.2 Å². The fourth-order valence-electron chi connectivity index (χ4n) is 2.10. The molecule has 1 heterocycles. The first kappa shape index (κ1) is 10.7. The number of likely N-dealkylation sites (tertiary alicyclic amines) is 1. The highest BCUT2D eigenvalue weighted by Crippen LogP contribution is 2.21. The minimum atomic E-state index is 0.862. The summed E-state index contributed by atoms with van der Waals surface area (Å²) in [6.45, 7) is 11.1. The van der Waals surface area contributed by atoms with Crippen molar-refractivity contribution in [2.24, 2.45) is 5.92 Å². The Labute approximate surface area is 82.0 Å². The molecule has 0 aliphatic carbocycles. The minimum Gasteiger partial charge on any atom is -0.316 e. The molecular formula is C11H22N2. The van der Waals surface area contributed by atoms with Gasteiger partial charge >= 0.3 is 0 Å². The van der Waals surface area contributed by atoms with Crippen molar-refractivity contribution < 1.29 is 0 Å². The topological polar surface area (TPSA) is 15.3 Å². The molecule has 0 amide bonds. The molecule has 1 fully saturated rings. The van der Waals surface area contributed by atoms with Crippen molar-refractivity contribution >= 4 is 0 Å². The van der Waals surface area contributed by atoms with Gasteiger partial charge in [0.2, 0.25) is 0 Å². The zero-order valence-corrected chi connectivity index (χ0v) is 8.97. The number of nitrogens with one attached hydrogen (secondary N) is 1. The van der Waals surface area contributed by atoms with Crippen LogP contribution in [0.15, 0.2) is 12.2 Å². The van der Waals surface area contributed by atoms with E-state index >= 15 is 0 Å². The summed E-state index contributed by atoms with van der Waals surface area (Å²) < 4.78 is 0. The molecule has 1 aliphatic heterocycles. The van der Waals surface area contributed by atoms with E-state index in [2.05, 4.69) is 23.7 Å². The average molecular weight is 182 g/mol.